The van der Waals surface area contributed by atoms with Crippen molar-refractivity contribution in [2.45, 2.75) is 26.3 Å². The van der Waals surface area contributed by atoms with E-state index in [1.807, 2.05) is 24.3 Å². The number of urea groups is 1. The van der Waals surface area contributed by atoms with Crippen LogP contribution in [-0.4, -0.2) is 21.7 Å². The Hall–Kier alpha value is -4.72. The summed E-state index contributed by atoms with van der Waals surface area (Å²) in [4.78, 5) is 36.2. The second-order valence-corrected chi connectivity index (χ2v) is 8.63. The number of pyridine rings is 1. The molecular weight excluding hydrogens is 473 g/mol. The highest BCUT2D eigenvalue weighted by molar-refractivity contribution is 6.00. The molecule has 3 aromatic carbocycles. The number of hydrogen-bond acceptors (Lipinski definition) is 3. The van der Waals surface area contributed by atoms with Crippen LogP contribution in [0.25, 0.3) is 11.1 Å². The molecule has 1 heterocycles. The molecule has 0 aliphatic rings. The normalized spacial score (nSPS) is 10.6. The first-order valence-electron chi connectivity index (χ1n) is 11.7. The van der Waals surface area contributed by atoms with Gasteiger partial charge in [0.15, 0.2) is 0 Å². The summed E-state index contributed by atoms with van der Waals surface area (Å²) in [6, 6.07) is 22.0. The molecule has 188 valence electrons. The zero-order valence-electron chi connectivity index (χ0n) is 20.2. The van der Waals surface area contributed by atoms with Crippen molar-refractivity contribution in [1.82, 2.24) is 4.57 Å². The van der Waals surface area contributed by atoms with Crippen molar-refractivity contribution in [2.75, 3.05) is 10.6 Å². The Balaban J connectivity index is 1.43. The lowest BCUT2D eigenvalue weighted by Gasteiger charge is -2.11. The summed E-state index contributed by atoms with van der Waals surface area (Å²) in [5.41, 5.74) is 4.18. The van der Waals surface area contributed by atoms with Crippen LogP contribution in [0.15, 0.2) is 89.9 Å². The third kappa shape index (κ3) is 6.49. The number of nitrogens with zero attached hydrogens (tertiary/aromatic N) is 1. The first-order chi connectivity index (χ1) is 17.8. The Bertz CT molecular complexity index is 1480. The van der Waals surface area contributed by atoms with Crippen LogP contribution in [0.2, 0.25) is 0 Å². The molecule has 4 rings (SSSR count). The number of carboxylic acid groups (broad SMARTS) is 1. The standard InChI is InChI=1S/C29H26FN3O4/c1-19-25(30)5-2-6-26(19)32-29(37)31-23-14-12-22(13-15-23)24-4-3-17-33(28(24)36)18-21-9-7-20(8-10-21)11-16-27(34)35/h2-10,12-15,17H,11,16,18H2,1H3,(H,34,35)(H2,31,32,37). The molecule has 0 bridgehead atoms. The highest BCUT2D eigenvalue weighted by atomic mass is 19.1. The molecule has 0 spiro atoms. The molecule has 4 aromatic rings. The molecule has 0 unspecified atom stereocenters. The molecule has 2 amide bonds. The number of carbonyl (C=O) groups is 2. The van der Waals surface area contributed by atoms with Gasteiger partial charge in [0.25, 0.3) is 5.56 Å². The summed E-state index contributed by atoms with van der Waals surface area (Å²) in [6.45, 7) is 1.97. The van der Waals surface area contributed by atoms with Gasteiger partial charge >= 0.3 is 12.0 Å². The number of aryl methyl sites for hydroxylation is 1. The molecule has 0 aliphatic carbocycles. The predicted octanol–water partition coefficient (Wildman–Crippen LogP) is 5.67. The number of anilines is 2. The molecule has 0 aliphatic heterocycles. The van der Waals surface area contributed by atoms with Crippen molar-refractivity contribution in [3.8, 4) is 11.1 Å². The number of aromatic nitrogens is 1. The van der Waals surface area contributed by atoms with E-state index in [0.29, 0.717) is 41.0 Å². The van der Waals surface area contributed by atoms with E-state index >= 15 is 0 Å². The van der Waals surface area contributed by atoms with Crippen LogP contribution in [0.5, 0.6) is 0 Å². The van der Waals surface area contributed by atoms with Gasteiger partial charge in [-0.05, 0) is 66.4 Å². The van der Waals surface area contributed by atoms with Gasteiger partial charge in [0, 0.05) is 35.1 Å². The van der Waals surface area contributed by atoms with Crippen molar-refractivity contribution in [3.05, 3.63) is 118 Å². The van der Waals surface area contributed by atoms with Crippen molar-refractivity contribution in [3.63, 3.8) is 0 Å². The van der Waals surface area contributed by atoms with Crippen LogP contribution >= 0.6 is 0 Å². The number of halogens is 1. The van der Waals surface area contributed by atoms with E-state index in [-0.39, 0.29) is 12.0 Å². The van der Waals surface area contributed by atoms with E-state index < -0.39 is 17.8 Å². The zero-order chi connectivity index (χ0) is 26.4. The Kier molecular flexibility index (Phi) is 7.78. The summed E-state index contributed by atoms with van der Waals surface area (Å²) in [7, 11) is 0. The average molecular weight is 500 g/mol. The fourth-order valence-electron chi connectivity index (χ4n) is 3.90. The molecular formula is C29H26FN3O4. The predicted molar refractivity (Wildman–Crippen MR) is 141 cm³/mol. The van der Waals surface area contributed by atoms with E-state index in [2.05, 4.69) is 10.6 Å². The van der Waals surface area contributed by atoms with Crippen LogP contribution < -0.4 is 16.2 Å². The second-order valence-electron chi connectivity index (χ2n) is 8.63. The molecule has 1 aromatic heterocycles. The Morgan fingerprint density at radius 2 is 1.59 bits per heavy atom. The van der Waals surface area contributed by atoms with Crippen LogP contribution in [0.4, 0.5) is 20.6 Å². The van der Waals surface area contributed by atoms with Crippen LogP contribution in [0.1, 0.15) is 23.1 Å². The van der Waals surface area contributed by atoms with E-state index in [4.69, 9.17) is 5.11 Å². The Morgan fingerprint density at radius 3 is 2.30 bits per heavy atom. The minimum atomic E-state index is -0.835. The summed E-state index contributed by atoms with van der Waals surface area (Å²) in [5, 5.41) is 14.2. The zero-order valence-corrected chi connectivity index (χ0v) is 20.2. The smallest absolute Gasteiger partial charge is 0.323 e. The van der Waals surface area contributed by atoms with Crippen molar-refractivity contribution < 1.29 is 19.1 Å². The second kappa shape index (κ2) is 11.3. The largest absolute Gasteiger partial charge is 0.481 e. The molecule has 37 heavy (non-hydrogen) atoms. The van der Waals surface area contributed by atoms with Gasteiger partial charge in [0.1, 0.15) is 5.82 Å². The lowest BCUT2D eigenvalue weighted by molar-refractivity contribution is -0.136. The van der Waals surface area contributed by atoms with Gasteiger partial charge in [-0.25, -0.2) is 9.18 Å². The fraction of sp³-hybridized carbons (Fsp3) is 0.138. The van der Waals surface area contributed by atoms with Gasteiger partial charge in [-0.3, -0.25) is 9.59 Å². The average Bonchev–Trinajstić information content (AvgIpc) is 2.88. The number of hydrogen-bond donors (Lipinski definition) is 3. The molecule has 3 N–H and O–H groups in total. The highest BCUT2D eigenvalue weighted by Gasteiger charge is 2.10. The molecule has 0 fully saturated rings. The number of carbonyl (C=O) groups excluding carboxylic acids is 1. The first-order valence-corrected chi connectivity index (χ1v) is 11.7. The number of nitrogens with one attached hydrogen (secondary N) is 2. The molecule has 0 saturated carbocycles. The maximum absolute atomic E-state index is 13.7. The molecule has 7 nitrogen and oxygen atoms in total. The number of carboxylic acids is 1. The van der Waals surface area contributed by atoms with Crippen LogP contribution in [0.3, 0.4) is 0 Å². The van der Waals surface area contributed by atoms with Crippen molar-refractivity contribution >= 4 is 23.4 Å². The third-order valence-electron chi connectivity index (χ3n) is 5.99. The maximum atomic E-state index is 13.7. The van der Waals surface area contributed by atoms with Gasteiger partial charge in [-0.15, -0.1) is 0 Å². The molecule has 0 atom stereocenters. The molecule has 0 saturated heterocycles. The number of benzene rings is 3. The summed E-state index contributed by atoms with van der Waals surface area (Å²) in [6.07, 6.45) is 2.26. The van der Waals surface area contributed by atoms with Crippen molar-refractivity contribution in [1.29, 1.82) is 0 Å². The lowest BCUT2D eigenvalue weighted by Crippen LogP contribution is -2.21. The van der Waals surface area contributed by atoms with Gasteiger partial charge in [0.05, 0.1) is 6.54 Å². The lowest BCUT2D eigenvalue weighted by atomic mass is 10.1. The van der Waals surface area contributed by atoms with Gasteiger partial charge < -0.3 is 20.3 Å². The maximum Gasteiger partial charge on any atom is 0.323 e. The topological polar surface area (TPSA) is 100 Å². The van der Waals surface area contributed by atoms with E-state index in [9.17, 15) is 18.8 Å². The van der Waals surface area contributed by atoms with Gasteiger partial charge in [0.2, 0.25) is 0 Å². The number of aliphatic carboxylic acids is 1. The van der Waals surface area contributed by atoms with E-state index in [1.165, 1.54) is 12.1 Å². The van der Waals surface area contributed by atoms with Crippen LogP contribution in [-0.2, 0) is 17.8 Å². The van der Waals surface area contributed by atoms with Crippen molar-refractivity contribution in [2.24, 2.45) is 0 Å². The SMILES string of the molecule is Cc1c(F)cccc1NC(=O)Nc1ccc(-c2cccn(Cc3ccc(CCC(=O)O)cc3)c2=O)cc1. The minimum absolute atomic E-state index is 0.0759. The first kappa shape index (κ1) is 25.4. The Labute approximate surface area is 213 Å². The molecule has 0 radical (unpaired) electrons. The quantitative estimate of drug-likeness (QED) is 0.291. The monoisotopic (exact) mass is 499 g/mol. The number of amides is 2. The molecule has 8 heteroatoms. The van der Waals surface area contributed by atoms with Gasteiger partial charge in [-0.2, -0.15) is 0 Å². The summed E-state index contributed by atoms with van der Waals surface area (Å²) >= 11 is 0. The number of rotatable bonds is 8. The van der Waals surface area contributed by atoms with E-state index in [0.717, 1.165) is 11.1 Å². The third-order valence-corrected chi connectivity index (χ3v) is 5.99. The minimum Gasteiger partial charge on any atom is -0.481 e. The summed E-state index contributed by atoms with van der Waals surface area (Å²) in [5.74, 6) is -1.23. The van der Waals surface area contributed by atoms with Crippen LogP contribution in [0, 0.1) is 12.7 Å². The Morgan fingerprint density at radius 1 is 0.892 bits per heavy atom. The van der Waals surface area contributed by atoms with Gasteiger partial charge in [-0.1, -0.05) is 42.5 Å². The van der Waals surface area contributed by atoms with E-state index in [1.54, 1.807) is 60.2 Å². The highest BCUT2D eigenvalue weighted by Crippen LogP contribution is 2.20. The fourth-order valence-corrected chi connectivity index (χ4v) is 3.90. The summed E-state index contributed by atoms with van der Waals surface area (Å²) < 4.78 is 15.3.